The van der Waals surface area contributed by atoms with Crippen LogP contribution >= 0.6 is 0 Å². The fourth-order valence-electron chi connectivity index (χ4n) is 3.02. The molecule has 1 aromatic heterocycles. The fourth-order valence-corrected chi connectivity index (χ4v) is 3.02. The maximum atomic E-state index is 13.0. The number of benzene rings is 1. The molecule has 0 radical (unpaired) electrons. The summed E-state index contributed by atoms with van der Waals surface area (Å²) >= 11 is 0. The lowest BCUT2D eigenvalue weighted by Gasteiger charge is -2.15. The van der Waals surface area contributed by atoms with Gasteiger partial charge in [0.05, 0.1) is 11.3 Å². The SMILES string of the molecule is Cc1cc(=O)c(C(=O)OCC(=O)N2CCCC2)nn1-c1cccc(C(F)(F)F)c1. The van der Waals surface area contributed by atoms with Crippen molar-refractivity contribution in [1.29, 1.82) is 0 Å². The van der Waals surface area contributed by atoms with Gasteiger partial charge in [-0.05, 0) is 38.0 Å². The third-order valence-electron chi connectivity index (χ3n) is 4.50. The second kappa shape index (κ2) is 8.06. The summed E-state index contributed by atoms with van der Waals surface area (Å²) in [5.41, 5.74) is -1.99. The number of alkyl halides is 3. The molecule has 7 nitrogen and oxygen atoms in total. The van der Waals surface area contributed by atoms with E-state index in [1.165, 1.54) is 19.1 Å². The minimum absolute atomic E-state index is 0.0273. The quantitative estimate of drug-likeness (QED) is 0.724. The van der Waals surface area contributed by atoms with Crippen molar-refractivity contribution in [2.45, 2.75) is 25.9 Å². The van der Waals surface area contributed by atoms with E-state index in [1.807, 2.05) is 0 Å². The van der Waals surface area contributed by atoms with E-state index in [4.69, 9.17) is 4.74 Å². The van der Waals surface area contributed by atoms with Gasteiger partial charge in [-0.25, -0.2) is 9.48 Å². The molecule has 0 spiro atoms. The zero-order valence-corrected chi connectivity index (χ0v) is 15.5. The molecule has 1 aromatic carbocycles. The van der Waals surface area contributed by atoms with Gasteiger partial charge in [0.15, 0.2) is 6.61 Å². The van der Waals surface area contributed by atoms with Gasteiger partial charge in [-0.1, -0.05) is 6.07 Å². The molecule has 10 heteroatoms. The Morgan fingerprint density at radius 1 is 1.17 bits per heavy atom. The molecule has 29 heavy (non-hydrogen) atoms. The monoisotopic (exact) mass is 409 g/mol. The van der Waals surface area contributed by atoms with Crippen LogP contribution in [-0.4, -0.2) is 46.3 Å². The lowest BCUT2D eigenvalue weighted by atomic mass is 10.2. The number of ether oxygens (including phenoxy) is 1. The van der Waals surface area contributed by atoms with Crippen molar-refractivity contribution in [3.05, 3.63) is 57.5 Å². The third kappa shape index (κ3) is 4.64. The normalized spacial score (nSPS) is 14.1. The molecule has 1 aliphatic rings. The number of aryl methyl sites for hydroxylation is 1. The molecule has 3 rings (SSSR count). The van der Waals surface area contributed by atoms with E-state index in [-0.39, 0.29) is 17.3 Å². The smallest absolute Gasteiger partial charge is 0.416 e. The van der Waals surface area contributed by atoms with Gasteiger partial charge in [-0.3, -0.25) is 9.59 Å². The van der Waals surface area contributed by atoms with Crippen LogP contribution in [0.1, 0.15) is 34.6 Å². The van der Waals surface area contributed by atoms with Crippen LogP contribution in [0.25, 0.3) is 5.69 Å². The van der Waals surface area contributed by atoms with Crippen molar-refractivity contribution in [2.24, 2.45) is 0 Å². The average Bonchev–Trinajstić information content (AvgIpc) is 3.20. The largest absolute Gasteiger partial charge is 0.451 e. The highest BCUT2D eigenvalue weighted by atomic mass is 19.4. The van der Waals surface area contributed by atoms with Crippen LogP contribution in [0.5, 0.6) is 0 Å². The number of rotatable bonds is 4. The number of nitrogens with zero attached hydrogens (tertiary/aromatic N) is 3. The zero-order chi connectivity index (χ0) is 21.2. The standard InChI is InChI=1S/C19H18F3N3O4/c1-12-9-15(26)17(18(28)29-11-16(27)24-7-2-3-8-24)23-25(12)14-6-4-5-13(10-14)19(20,21)22/h4-6,9-10H,2-3,7-8,11H2,1H3. The lowest BCUT2D eigenvalue weighted by molar-refractivity contribution is -0.137. The summed E-state index contributed by atoms with van der Waals surface area (Å²) in [6.45, 7) is 2.11. The molecular weight excluding hydrogens is 391 g/mol. The van der Waals surface area contributed by atoms with E-state index in [0.717, 1.165) is 35.7 Å². The Bertz CT molecular complexity index is 995. The molecule has 0 unspecified atom stereocenters. The molecule has 0 N–H and O–H groups in total. The average molecular weight is 409 g/mol. The van der Waals surface area contributed by atoms with E-state index in [0.29, 0.717) is 13.1 Å². The van der Waals surface area contributed by atoms with Gasteiger partial charge in [-0.15, -0.1) is 0 Å². The second-order valence-corrected chi connectivity index (χ2v) is 6.62. The summed E-state index contributed by atoms with van der Waals surface area (Å²) in [6, 6.07) is 5.40. The highest BCUT2D eigenvalue weighted by Gasteiger charge is 2.31. The second-order valence-electron chi connectivity index (χ2n) is 6.62. The molecule has 2 heterocycles. The molecule has 0 atom stereocenters. The zero-order valence-electron chi connectivity index (χ0n) is 15.5. The molecule has 0 saturated carbocycles. The molecule has 1 aliphatic heterocycles. The van der Waals surface area contributed by atoms with Gasteiger partial charge in [0.2, 0.25) is 11.1 Å². The molecule has 1 fully saturated rings. The summed E-state index contributed by atoms with van der Waals surface area (Å²) in [4.78, 5) is 37.9. The number of carbonyl (C=O) groups excluding carboxylic acids is 2. The van der Waals surface area contributed by atoms with E-state index >= 15 is 0 Å². The Morgan fingerprint density at radius 3 is 2.52 bits per heavy atom. The predicted octanol–water partition coefficient (Wildman–Crippen LogP) is 2.34. The summed E-state index contributed by atoms with van der Waals surface area (Å²) in [5.74, 6) is -1.48. The van der Waals surface area contributed by atoms with Crippen molar-refractivity contribution >= 4 is 11.9 Å². The fraction of sp³-hybridized carbons (Fsp3) is 0.368. The lowest BCUT2D eigenvalue weighted by Crippen LogP contribution is -2.33. The number of esters is 1. The first-order valence-corrected chi connectivity index (χ1v) is 8.90. The maximum absolute atomic E-state index is 13.0. The third-order valence-corrected chi connectivity index (χ3v) is 4.50. The molecule has 154 valence electrons. The Morgan fingerprint density at radius 2 is 1.86 bits per heavy atom. The highest BCUT2D eigenvalue weighted by Crippen LogP contribution is 2.30. The maximum Gasteiger partial charge on any atom is 0.416 e. The van der Waals surface area contributed by atoms with Crippen LogP contribution < -0.4 is 5.43 Å². The van der Waals surface area contributed by atoms with Crippen molar-refractivity contribution in [2.75, 3.05) is 19.7 Å². The minimum Gasteiger partial charge on any atom is -0.451 e. The Kier molecular flexibility index (Phi) is 5.71. The minimum atomic E-state index is -4.55. The first kappa shape index (κ1) is 20.6. The molecular formula is C19H18F3N3O4. The van der Waals surface area contributed by atoms with Crippen LogP contribution in [0.2, 0.25) is 0 Å². The van der Waals surface area contributed by atoms with E-state index in [2.05, 4.69) is 5.10 Å². The number of amides is 1. The van der Waals surface area contributed by atoms with Crippen molar-refractivity contribution in [3.8, 4) is 5.69 Å². The summed E-state index contributed by atoms with van der Waals surface area (Å²) in [7, 11) is 0. The van der Waals surface area contributed by atoms with Crippen LogP contribution in [0.3, 0.4) is 0 Å². The van der Waals surface area contributed by atoms with Gasteiger partial charge < -0.3 is 9.64 Å². The molecule has 1 saturated heterocycles. The van der Waals surface area contributed by atoms with E-state index in [9.17, 15) is 27.6 Å². The predicted molar refractivity (Wildman–Crippen MR) is 95.7 cm³/mol. The van der Waals surface area contributed by atoms with Crippen molar-refractivity contribution < 1.29 is 27.5 Å². The Labute approximate surface area is 163 Å². The number of hydrogen-bond acceptors (Lipinski definition) is 5. The summed E-state index contributed by atoms with van der Waals surface area (Å²) in [6.07, 6.45) is -2.80. The summed E-state index contributed by atoms with van der Waals surface area (Å²) in [5, 5.41) is 3.88. The van der Waals surface area contributed by atoms with Gasteiger partial charge >= 0.3 is 12.1 Å². The number of carbonyl (C=O) groups is 2. The number of aromatic nitrogens is 2. The molecule has 2 aromatic rings. The van der Waals surface area contributed by atoms with Gasteiger partial charge in [-0.2, -0.15) is 18.3 Å². The van der Waals surface area contributed by atoms with Gasteiger partial charge in [0.1, 0.15) is 0 Å². The number of likely N-dealkylation sites (tertiary alicyclic amines) is 1. The van der Waals surface area contributed by atoms with Crippen molar-refractivity contribution in [3.63, 3.8) is 0 Å². The highest BCUT2D eigenvalue weighted by molar-refractivity contribution is 5.89. The first-order chi connectivity index (χ1) is 13.7. The number of hydrogen-bond donors (Lipinski definition) is 0. The van der Waals surface area contributed by atoms with E-state index in [1.54, 1.807) is 4.90 Å². The molecule has 0 aliphatic carbocycles. The van der Waals surface area contributed by atoms with E-state index < -0.39 is 35.4 Å². The van der Waals surface area contributed by atoms with Gasteiger partial charge in [0.25, 0.3) is 5.91 Å². The Balaban J connectivity index is 1.85. The molecule has 0 bridgehead atoms. The van der Waals surface area contributed by atoms with Crippen molar-refractivity contribution in [1.82, 2.24) is 14.7 Å². The first-order valence-electron chi connectivity index (χ1n) is 8.90. The van der Waals surface area contributed by atoms with Crippen LogP contribution in [-0.2, 0) is 15.7 Å². The van der Waals surface area contributed by atoms with Crippen LogP contribution in [0.15, 0.2) is 35.1 Å². The topological polar surface area (TPSA) is 81.5 Å². The summed E-state index contributed by atoms with van der Waals surface area (Å²) < 4.78 is 44.9. The number of halogens is 3. The van der Waals surface area contributed by atoms with Crippen LogP contribution in [0.4, 0.5) is 13.2 Å². The van der Waals surface area contributed by atoms with Crippen LogP contribution in [0, 0.1) is 6.92 Å². The van der Waals surface area contributed by atoms with Gasteiger partial charge in [0, 0.05) is 24.8 Å². The molecule has 1 amide bonds. The Hall–Kier alpha value is -3.17.